The smallest absolute Gasteiger partial charge is 0.0839 e. The van der Waals surface area contributed by atoms with E-state index in [0.717, 1.165) is 13.1 Å². The Bertz CT molecular complexity index is 44.9. The third-order valence-electron chi connectivity index (χ3n) is 0.854. The van der Waals surface area contributed by atoms with Crippen molar-refractivity contribution in [3.05, 3.63) is 0 Å². The number of quaternary nitrogens is 1. The topological polar surface area (TPSA) is 28.5 Å². The van der Waals surface area contributed by atoms with Gasteiger partial charge in [0.05, 0.1) is 20.6 Å². The fourth-order valence-electron chi connectivity index (χ4n) is 0.437. The van der Waals surface area contributed by atoms with Crippen molar-refractivity contribution < 1.29 is 5.01 Å². The molecular weight excluding hydrogens is 102 g/mol. The van der Waals surface area contributed by atoms with Crippen molar-refractivity contribution in [1.29, 1.82) is 0 Å². The van der Waals surface area contributed by atoms with Gasteiger partial charge in [-0.2, -0.15) is 5.43 Å². The van der Waals surface area contributed by atoms with Crippen LogP contribution in [0.25, 0.3) is 0 Å². The van der Waals surface area contributed by atoms with Gasteiger partial charge in [0.1, 0.15) is 0 Å². The SMILES string of the molecule is CNCCN[NH+](C)C. The molecule has 0 fully saturated rings. The molecule has 0 amide bonds. The summed E-state index contributed by atoms with van der Waals surface area (Å²) in [7, 11) is 6.08. The average Bonchev–Trinajstić information content (AvgIpc) is 1.66. The maximum absolute atomic E-state index is 3.20. The van der Waals surface area contributed by atoms with Crippen LogP contribution >= 0.6 is 0 Å². The van der Waals surface area contributed by atoms with E-state index in [1.54, 1.807) is 0 Å². The summed E-state index contributed by atoms with van der Waals surface area (Å²) in [5.74, 6) is 0. The molecule has 3 nitrogen and oxygen atoms in total. The first-order valence-corrected chi connectivity index (χ1v) is 2.96. The molecule has 50 valence electrons. The predicted octanol–water partition coefficient (Wildman–Crippen LogP) is -2.15. The summed E-state index contributed by atoms with van der Waals surface area (Å²) in [6.07, 6.45) is 0. The van der Waals surface area contributed by atoms with Crippen molar-refractivity contribution in [3.63, 3.8) is 0 Å². The number of hydrogen-bond acceptors (Lipinski definition) is 2. The minimum atomic E-state index is 1.03. The predicted molar refractivity (Wildman–Crippen MR) is 34.7 cm³/mol. The van der Waals surface area contributed by atoms with E-state index in [-0.39, 0.29) is 0 Å². The van der Waals surface area contributed by atoms with Gasteiger partial charge >= 0.3 is 0 Å². The first kappa shape index (κ1) is 7.88. The molecule has 0 aliphatic rings. The van der Waals surface area contributed by atoms with Crippen LogP contribution in [-0.2, 0) is 0 Å². The standard InChI is InChI=1S/C5H15N3/c1-6-4-5-7-8(2)3/h6-7H,4-5H2,1-3H3/p+1. The second-order valence-corrected chi connectivity index (χ2v) is 2.03. The summed E-state index contributed by atoms with van der Waals surface area (Å²) >= 11 is 0. The summed E-state index contributed by atoms with van der Waals surface area (Å²) in [6, 6.07) is 0. The zero-order valence-electron chi connectivity index (χ0n) is 5.91. The molecule has 0 heterocycles. The molecule has 0 aromatic rings. The molecular formula is C5H16N3+. The summed E-state index contributed by atoms with van der Waals surface area (Å²) in [4.78, 5) is 0. The molecule has 0 unspecified atom stereocenters. The lowest BCUT2D eigenvalue weighted by molar-refractivity contribution is -0.906. The van der Waals surface area contributed by atoms with Crippen LogP contribution in [0.2, 0.25) is 0 Å². The second kappa shape index (κ2) is 5.03. The average molecular weight is 118 g/mol. The molecule has 0 atom stereocenters. The van der Waals surface area contributed by atoms with Crippen LogP contribution < -0.4 is 15.8 Å². The van der Waals surface area contributed by atoms with Crippen LogP contribution in [0.4, 0.5) is 0 Å². The first-order chi connectivity index (χ1) is 3.77. The number of nitrogens with one attached hydrogen (secondary N) is 3. The molecule has 0 aromatic carbocycles. The third kappa shape index (κ3) is 5.88. The van der Waals surface area contributed by atoms with Crippen LogP contribution in [0.5, 0.6) is 0 Å². The van der Waals surface area contributed by atoms with Gasteiger partial charge in [0.2, 0.25) is 0 Å². The normalized spacial score (nSPS) is 10.5. The summed E-state index contributed by atoms with van der Waals surface area (Å²) in [5, 5.41) is 4.33. The highest BCUT2D eigenvalue weighted by molar-refractivity contribution is 4.35. The van der Waals surface area contributed by atoms with Gasteiger partial charge in [0.15, 0.2) is 0 Å². The van der Waals surface area contributed by atoms with E-state index in [1.807, 2.05) is 7.05 Å². The van der Waals surface area contributed by atoms with Gasteiger partial charge in [0.25, 0.3) is 0 Å². The van der Waals surface area contributed by atoms with Gasteiger partial charge in [-0.3, -0.25) is 5.01 Å². The molecule has 0 bridgehead atoms. The maximum atomic E-state index is 3.20. The Morgan fingerprint density at radius 1 is 1.25 bits per heavy atom. The molecule has 0 saturated carbocycles. The van der Waals surface area contributed by atoms with Gasteiger partial charge in [-0.15, -0.1) is 0 Å². The van der Waals surface area contributed by atoms with Crippen LogP contribution in [0.15, 0.2) is 0 Å². The Morgan fingerprint density at radius 3 is 2.25 bits per heavy atom. The second-order valence-electron chi connectivity index (χ2n) is 2.03. The maximum Gasteiger partial charge on any atom is 0.0839 e. The lowest BCUT2D eigenvalue weighted by Crippen LogP contribution is -3.13. The van der Waals surface area contributed by atoms with E-state index in [0.29, 0.717) is 0 Å². The zero-order chi connectivity index (χ0) is 6.41. The Morgan fingerprint density at radius 2 is 1.88 bits per heavy atom. The van der Waals surface area contributed by atoms with Crippen molar-refractivity contribution in [1.82, 2.24) is 10.7 Å². The molecule has 0 spiro atoms. The van der Waals surface area contributed by atoms with Crippen molar-refractivity contribution in [2.75, 3.05) is 34.2 Å². The fraction of sp³-hybridized carbons (Fsp3) is 1.00. The minimum Gasteiger partial charge on any atom is -0.318 e. The largest absolute Gasteiger partial charge is 0.318 e. The molecule has 0 saturated heterocycles. The lowest BCUT2D eigenvalue weighted by Gasteiger charge is -2.06. The lowest BCUT2D eigenvalue weighted by atomic mass is 10.6. The minimum absolute atomic E-state index is 1.03. The molecule has 0 radical (unpaired) electrons. The van der Waals surface area contributed by atoms with Gasteiger partial charge in [-0.25, -0.2) is 0 Å². The van der Waals surface area contributed by atoms with Gasteiger partial charge in [-0.1, -0.05) is 0 Å². The fourth-order valence-corrected chi connectivity index (χ4v) is 0.437. The highest BCUT2D eigenvalue weighted by Gasteiger charge is 1.86. The Hall–Kier alpha value is -0.120. The summed E-state index contributed by atoms with van der Waals surface area (Å²) < 4.78 is 0. The molecule has 0 rings (SSSR count). The van der Waals surface area contributed by atoms with E-state index < -0.39 is 0 Å². The summed E-state index contributed by atoms with van der Waals surface area (Å²) in [6.45, 7) is 2.06. The van der Waals surface area contributed by atoms with Gasteiger partial charge in [-0.05, 0) is 7.05 Å². The number of rotatable bonds is 4. The molecule has 0 aromatic heterocycles. The number of likely N-dealkylation sites (N-methyl/N-ethyl adjacent to an activating group) is 1. The van der Waals surface area contributed by atoms with Gasteiger partial charge in [0, 0.05) is 6.54 Å². The third-order valence-corrected chi connectivity index (χ3v) is 0.854. The summed E-state index contributed by atoms with van der Waals surface area (Å²) in [5.41, 5.74) is 3.20. The van der Waals surface area contributed by atoms with Crippen molar-refractivity contribution >= 4 is 0 Å². The highest BCUT2D eigenvalue weighted by Crippen LogP contribution is 1.43. The first-order valence-electron chi connectivity index (χ1n) is 2.96. The Labute approximate surface area is 51.0 Å². The van der Waals surface area contributed by atoms with Crippen molar-refractivity contribution in [2.24, 2.45) is 0 Å². The zero-order valence-corrected chi connectivity index (χ0v) is 5.91. The Balaban J connectivity index is 2.72. The van der Waals surface area contributed by atoms with Crippen LogP contribution in [0, 0.1) is 0 Å². The molecule has 3 N–H and O–H groups in total. The van der Waals surface area contributed by atoms with E-state index in [9.17, 15) is 0 Å². The monoisotopic (exact) mass is 118 g/mol. The quantitative estimate of drug-likeness (QED) is 0.290. The molecule has 0 aliphatic heterocycles. The van der Waals surface area contributed by atoms with E-state index in [2.05, 4.69) is 24.8 Å². The van der Waals surface area contributed by atoms with Crippen molar-refractivity contribution in [3.8, 4) is 0 Å². The van der Waals surface area contributed by atoms with E-state index in [1.165, 1.54) is 5.01 Å². The Kier molecular flexibility index (Phi) is 4.95. The van der Waals surface area contributed by atoms with Crippen LogP contribution in [0.1, 0.15) is 0 Å². The van der Waals surface area contributed by atoms with Crippen LogP contribution in [-0.4, -0.2) is 34.2 Å². The highest BCUT2D eigenvalue weighted by atomic mass is 15.5. The van der Waals surface area contributed by atoms with E-state index in [4.69, 9.17) is 0 Å². The van der Waals surface area contributed by atoms with Crippen LogP contribution in [0.3, 0.4) is 0 Å². The number of hydrogen-bond donors (Lipinski definition) is 3. The molecule has 0 aliphatic carbocycles. The molecule has 3 heteroatoms. The van der Waals surface area contributed by atoms with Gasteiger partial charge < -0.3 is 5.32 Å². The molecule has 8 heavy (non-hydrogen) atoms. The van der Waals surface area contributed by atoms with E-state index >= 15 is 0 Å². The van der Waals surface area contributed by atoms with Crippen molar-refractivity contribution in [2.45, 2.75) is 0 Å².